The number of aryl methyl sites for hydroxylation is 1. The van der Waals surface area contributed by atoms with Crippen molar-refractivity contribution in [2.45, 2.75) is 26.4 Å². The Bertz CT molecular complexity index is 321. The Morgan fingerprint density at radius 1 is 1.40 bits per heavy atom. The topological polar surface area (TPSA) is 61.5 Å². The van der Waals surface area contributed by atoms with Crippen LogP contribution in [0.15, 0.2) is 24.3 Å². The fraction of sp³-hybridized carbons (Fsp3) is 0.364. The van der Waals surface area contributed by atoms with Crippen LogP contribution in [0.2, 0.25) is 0 Å². The van der Waals surface area contributed by atoms with Gasteiger partial charge in [0.05, 0.1) is 0 Å². The van der Waals surface area contributed by atoms with Gasteiger partial charge in [-0.15, -0.1) is 0 Å². The van der Waals surface area contributed by atoms with E-state index in [0.717, 1.165) is 6.42 Å². The van der Waals surface area contributed by atoms with Gasteiger partial charge in [0, 0.05) is 0 Å². The third-order valence-electron chi connectivity index (χ3n) is 2.09. The van der Waals surface area contributed by atoms with Crippen molar-refractivity contribution in [2.24, 2.45) is 5.90 Å². The molecule has 1 aromatic carbocycles. The average Bonchev–Trinajstić information content (AvgIpc) is 2.29. The molecule has 1 aromatic rings. The number of benzene rings is 1. The summed E-state index contributed by atoms with van der Waals surface area (Å²) in [6.07, 6.45) is 0.281. The van der Waals surface area contributed by atoms with Crippen molar-refractivity contribution < 1.29 is 14.4 Å². The first-order chi connectivity index (χ1) is 7.17. The van der Waals surface area contributed by atoms with E-state index in [9.17, 15) is 4.79 Å². The van der Waals surface area contributed by atoms with Gasteiger partial charge in [-0.2, -0.15) is 5.90 Å². The fourth-order valence-electron chi connectivity index (χ4n) is 1.15. The van der Waals surface area contributed by atoms with Gasteiger partial charge in [-0.1, -0.05) is 19.1 Å². The summed E-state index contributed by atoms with van der Waals surface area (Å²) in [5.74, 6) is 4.78. The van der Waals surface area contributed by atoms with Crippen molar-refractivity contribution in [2.75, 3.05) is 0 Å². The molecule has 0 saturated heterocycles. The summed E-state index contributed by atoms with van der Waals surface area (Å²) in [5.41, 5.74) is 1.22. The van der Waals surface area contributed by atoms with Gasteiger partial charge in [0.15, 0.2) is 6.10 Å². The molecule has 0 amide bonds. The third-order valence-corrected chi connectivity index (χ3v) is 2.09. The predicted molar refractivity (Wildman–Crippen MR) is 56.2 cm³/mol. The zero-order chi connectivity index (χ0) is 11.3. The summed E-state index contributed by atoms with van der Waals surface area (Å²) >= 11 is 0. The van der Waals surface area contributed by atoms with Crippen LogP contribution in [-0.4, -0.2) is 12.1 Å². The highest BCUT2D eigenvalue weighted by Crippen LogP contribution is 2.14. The van der Waals surface area contributed by atoms with Crippen LogP contribution < -0.4 is 10.6 Å². The molecule has 82 valence electrons. The summed E-state index contributed by atoms with van der Waals surface area (Å²) in [6, 6.07) is 7.55. The molecule has 15 heavy (non-hydrogen) atoms. The van der Waals surface area contributed by atoms with Crippen LogP contribution in [0.25, 0.3) is 0 Å². The molecular formula is C11H15NO3. The van der Waals surface area contributed by atoms with Crippen LogP contribution in [0.5, 0.6) is 5.75 Å². The monoisotopic (exact) mass is 209 g/mol. The molecule has 0 saturated carbocycles. The minimum atomic E-state index is -0.692. The van der Waals surface area contributed by atoms with Crippen molar-refractivity contribution in [3.8, 4) is 5.75 Å². The number of hydrogen-bond donors (Lipinski definition) is 1. The largest absolute Gasteiger partial charge is 0.479 e. The summed E-state index contributed by atoms with van der Waals surface area (Å²) in [6.45, 7) is 3.66. The van der Waals surface area contributed by atoms with E-state index in [0.29, 0.717) is 5.75 Å². The second-order valence-electron chi connectivity index (χ2n) is 3.19. The Kier molecular flexibility index (Phi) is 4.12. The quantitative estimate of drug-likeness (QED) is 0.762. The van der Waals surface area contributed by atoms with Crippen molar-refractivity contribution in [3.63, 3.8) is 0 Å². The molecule has 0 fully saturated rings. The van der Waals surface area contributed by atoms with Crippen molar-refractivity contribution >= 4 is 5.97 Å². The molecule has 4 heteroatoms. The lowest BCUT2D eigenvalue weighted by Crippen LogP contribution is -2.28. The van der Waals surface area contributed by atoms with Crippen molar-refractivity contribution in [1.29, 1.82) is 0 Å². The average molecular weight is 209 g/mol. The maximum absolute atomic E-state index is 11.0. The molecule has 0 unspecified atom stereocenters. The molecule has 0 bridgehead atoms. The van der Waals surface area contributed by atoms with Crippen LogP contribution in [0.3, 0.4) is 0 Å². The van der Waals surface area contributed by atoms with E-state index in [-0.39, 0.29) is 0 Å². The Morgan fingerprint density at radius 3 is 2.47 bits per heavy atom. The van der Waals surface area contributed by atoms with Gasteiger partial charge < -0.3 is 9.57 Å². The van der Waals surface area contributed by atoms with Gasteiger partial charge >= 0.3 is 5.97 Å². The Labute approximate surface area is 88.9 Å². The second-order valence-corrected chi connectivity index (χ2v) is 3.19. The number of carbonyl (C=O) groups excluding carboxylic acids is 1. The van der Waals surface area contributed by atoms with Gasteiger partial charge in [0.2, 0.25) is 0 Å². The molecule has 0 aliphatic carbocycles. The van der Waals surface area contributed by atoms with Gasteiger partial charge in [0.1, 0.15) is 5.75 Å². The lowest BCUT2D eigenvalue weighted by atomic mass is 10.2. The van der Waals surface area contributed by atoms with E-state index in [1.54, 1.807) is 6.92 Å². The predicted octanol–water partition coefficient (Wildman–Crippen LogP) is 1.43. The summed E-state index contributed by atoms with van der Waals surface area (Å²) in [4.78, 5) is 15.0. The van der Waals surface area contributed by atoms with Gasteiger partial charge in [0.25, 0.3) is 0 Å². The minimum absolute atomic E-state index is 0.588. The lowest BCUT2D eigenvalue weighted by Gasteiger charge is -2.11. The van der Waals surface area contributed by atoms with Crippen LogP contribution >= 0.6 is 0 Å². The SMILES string of the molecule is CCc1ccc(O[C@@H](C)C(=O)ON)cc1. The van der Waals surface area contributed by atoms with E-state index in [1.807, 2.05) is 24.3 Å². The molecule has 0 spiro atoms. The summed E-state index contributed by atoms with van der Waals surface area (Å²) in [5, 5.41) is 0. The smallest absolute Gasteiger partial charge is 0.365 e. The molecule has 4 nitrogen and oxygen atoms in total. The number of hydrogen-bond acceptors (Lipinski definition) is 4. The van der Waals surface area contributed by atoms with Crippen LogP contribution in [-0.2, 0) is 16.1 Å². The third kappa shape index (κ3) is 3.25. The van der Waals surface area contributed by atoms with Gasteiger partial charge in [-0.3, -0.25) is 0 Å². The molecule has 2 N–H and O–H groups in total. The first-order valence-electron chi connectivity index (χ1n) is 4.83. The van der Waals surface area contributed by atoms with Crippen LogP contribution in [0.4, 0.5) is 0 Å². The van der Waals surface area contributed by atoms with Crippen LogP contribution in [0, 0.1) is 0 Å². The van der Waals surface area contributed by atoms with E-state index < -0.39 is 12.1 Å². The molecule has 0 aliphatic rings. The maximum atomic E-state index is 11.0. The normalized spacial score (nSPS) is 11.9. The molecule has 1 rings (SSSR count). The van der Waals surface area contributed by atoms with Gasteiger partial charge in [-0.25, -0.2) is 4.79 Å². The Balaban J connectivity index is 2.60. The first-order valence-corrected chi connectivity index (χ1v) is 4.83. The van der Waals surface area contributed by atoms with E-state index in [2.05, 4.69) is 11.8 Å². The number of rotatable bonds is 4. The number of ether oxygens (including phenoxy) is 1. The molecular weight excluding hydrogens is 194 g/mol. The summed E-state index contributed by atoms with van der Waals surface area (Å²) < 4.78 is 5.31. The number of nitrogens with two attached hydrogens (primary N) is 1. The highest BCUT2D eigenvalue weighted by atomic mass is 16.7. The van der Waals surface area contributed by atoms with E-state index in [4.69, 9.17) is 10.6 Å². The van der Waals surface area contributed by atoms with Crippen molar-refractivity contribution in [3.05, 3.63) is 29.8 Å². The molecule has 1 atom stereocenters. The van der Waals surface area contributed by atoms with Crippen molar-refractivity contribution in [1.82, 2.24) is 0 Å². The highest BCUT2D eigenvalue weighted by molar-refractivity contribution is 5.74. The lowest BCUT2D eigenvalue weighted by molar-refractivity contribution is -0.151. The van der Waals surface area contributed by atoms with E-state index >= 15 is 0 Å². The second kappa shape index (κ2) is 5.36. The standard InChI is InChI=1S/C11H15NO3/c1-3-9-4-6-10(7-5-9)14-8(2)11(13)15-12/h4-8H,3,12H2,1-2H3/t8-/m0/s1. The molecule has 0 heterocycles. The molecule has 0 aliphatic heterocycles. The zero-order valence-electron chi connectivity index (χ0n) is 8.90. The van der Waals surface area contributed by atoms with E-state index in [1.165, 1.54) is 5.56 Å². The van der Waals surface area contributed by atoms with Gasteiger partial charge in [-0.05, 0) is 31.0 Å². The first kappa shape index (κ1) is 11.5. The fourth-order valence-corrected chi connectivity index (χ4v) is 1.15. The highest BCUT2D eigenvalue weighted by Gasteiger charge is 2.14. The Hall–Kier alpha value is -1.55. The van der Waals surface area contributed by atoms with Crippen LogP contribution in [0.1, 0.15) is 19.4 Å². The maximum Gasteiger partial charge on any atom is 0.365 e. The Morgan fingerprint density at radius 2 is 2.00 bits per heavy atom. The minimum Gasteiger partial charge on any atom is -0.479 e. The number of carbonyl (C=O) groups is 1. The molecule has 0 radical (unpaired) electrons. The summed E-state index contributed by atoms with van der Waals surface area (Å²) in [7, 11) is 0. The zero-order valence-corrected chi connectivity index (χ0v) is 8.90. The molecule has 0 aromatic heterocycles.